The van der Waals surface area contributed by atoms with Crippen molar-refractivity contribution in [2.45, 2.75) is 45.3 Å². The van der Waals surface area contributed by atoms with Crippen LogP contribution >= 0.6 is 11.6 Å². The van der Waals surface area contributed by atoms with E-state index >= 15 is 0 Å². The molecule has 166 valence electrons. The van der Waals surface area contributed by atoms with Gasteiger partial charge in [0.25, 0.3) is 0 Å². The Morgan fingerprint density at radius 2 is 2.16 bits per heavy atom. The standard InChI is InChI=1S/C20H27ClN8O2/c1-20(2,3)31-19(30)25-12-6-5-7-29(11-12)17-15-14(21)9-22-16(15)26-18(27-17)24-13-8-23-28(4)10-13/h8-10,12H,5-7,11H2,1-4H3,(H,25,30)(H2,22,24,26,27)/t12-/m1/s1. The van der Waals surface area contributed by atoms with Crippen LogP contribution in [0.3, 0.4) is 0 Å². The highest BCUT2D eigenvalue weighted by Crippen LogP contribution is 2.33. The number of carbonyl (C=O) groups excluding carboxylic acids is 1. The molecule has 0 spiro atoms. The molecule has 4 heterocycles. The van der Waals surface area contributed by atoms with Crippen molar-refractivity contribution in [2.24, 2.45) is 7.05 Å². The second-order valence-electron chi connectivity index (χ2n) is 8.69. The number of carbonyl (C=O) groups is 1. The average Bonchev–Trinajstić information content (AvgIpc) is 3.25. The Balaban J connectivity index is 1.58. The zero-order valence-corrected chi connectivity index (χ0v) is 18.8. The lowest BCUT2D eigenvalue weighted by molar-refractivity contribution is 0.0500. The van der Waals surface area contributed by atoms with Gasteiger partial charge < -0.3 is 25.3 Å². The number of hydrogen-bond donors (Lipinski definition) is 3. The first kappa shape index (κ1) is 21.2. The number of nitrogens with one attached hydrogen (secondary N) is 3. The van der Waals surface area contributed by atoms with Gasteiger partial charge in [0, 0.05) is 38.6 Å². The van der Waals surface area contributed by atoms with E-state index in [9.17, 15) is 4.79 Å². The molecular formula is C20H27ClN8O2. The van der Waals surface area contributed by atoms with Crippen LogP contribution < -0.4 is 15.5 Å². The van der Waals surface area contributed by atoms with E-state index in [4.69, 9.17) is 21.3 Å². The number of piperidine rings is 1. The summed E-state index contributed by atoms with van der Waals surface area (Å²) in [4.78, 5) is 26.8. The number of halogens is 1. The largest absolute Gasteiger partial charge is 0.444 e. The van der Waals surface area contributed by atoms with Crippen molar-refractivity contribution in [3.63, 3.8) is 0 Å². The van der Waals surface area contributed by atoms with E-state index in [0.29, 0.717) is 23.2 Å². The van der Waals surface area contributed by atoms with Crippen LogP contribution in [0, 0.1) is 0 Å². The van der Waals surface area contributed by atoms with Crippen molar-refractivity contribution in [1.82, 2.24) is 30.0 Å². The molecule has 1 amide bonds. The van der Waals surface area contributed by atoms with Crippen LogP contribution in [0.25, 0.3) is 11.0 Å². The van der Waals surface area contributed by atoms with Crippen molar-refractivity contribution in [3.8, 4) is 0 Å². The topological polar surface area (TPSA) is 113 Å². The Labute approximate surface area is 185 Å². The second-order valence-corrected chi connectivity index (χ2v) is 9.10. The Morgan fingerprint density at radius 1 is 1.35 bits per heavy atom. The summed E-state index contributed by atoms with van der Waals surface area (Å²) in [6.07, 6.45) is 6.61. The molecule has 31 heavy (non-hydrogen) atoms. The fourth-order valence-electron chi connectivity index (χ4n) is 3.64. The molecule has 1 saturated heterocycles. The molecule has 4 rings (SSSR count). The van der Waals surface area contributed by atoms with Gasteiger partial charge in [0.1, 0.15) is 17.1 Å². The third-order valence-corrected chi connectivity index (χ3v) is 5.17. The van der Waals surface area contributed by atoms with Crippen LogP contribution in [0.1, 0.15) is 33.6 Å². The van der Waals surface area contributed by atoms with E-state index < -0.39 is 11.7 Å². The van der Waals surface area contributed by atoms with Gasteiger partial charge in [-0.15, -0.1) is 0 Å². The minimum atomic E-state index is -0.539. The summed E-state index contributed by atoms with van der Waals surface area (Å²) in [7, 11) is 1.84. The molecule has 0 aliphatic carbocycles. The van der Waals surface area contributed by atoms with Gasteiger partial charge in [-0.2, -0.15) is 15.1 Å². The molecule has 1 fully saturated rings. The number of fused-ring (bicyclic) bond motifs is 1. The number of aromatic nitrogens is 5. The van der Waals surface area contributed by atoms with Gasteiger partial charge in [0.05, 0.1) is 22.3 Å². The molecule has 1 atom stereocenters. The molecule has 10 nitrogen and oxygen atoms in total. The van der Waals surface area contributed by atoms with Crippen LogP contribution in [0.5, 0.6) is 0 Å². The zero-order chi connectivity index (χ0) is 22.2. The van der Waals surface area contributed by atoms with Crippen LogP contribution in [0.15, 0.2) is 18.6 Å². The molecule has 0 unspecified atom stereocenters. The molecule has 3 aromatic rings. The summed E-state index contributed by atoms with van der Waals surface area (Å²) in [5.41, 5.74) is 0.889. The van der Waals surface area contributed by atoms with Crippen LogP contribution in [0.4, 0.5) is 22.2 Å². The first-order chi connectivity index (χ1) is 14.7. The zero-order valence-electron chi connectivity index (χ0n) is 18.1. The minimum Gasteiger partial charge on any atom is -0.444 e. The summed E-state index contributed by atoms with van der Waals surface area (Å²) in [5, 5.41) is 11.6. The van der Waals surface area contributed by atoms with Crippen LogP contribution in [-0.2, 0) is 11.8 Å². The Bertz CT molecular complexity index is 1090. The quantitative estimate of drug-likeness (QED) is 0.561. The molecule has 0 aromatic carbocycles. The van der Waals surface area contributed by atoms with Gasteiger partial charge in [0.15, 0.2) is 0 Å². The number of alkyl carbamates (subject to hydrolysis) is 1. The number of rotatable bonds is 4. The molecular weight excluding hydrogens is 420 g/mol. The predicted octanol–water partition coefficient (Wildman–Crippen LogP) is 3.58. The maximum absolute atomic E-state index is 12.2. The summed E-state index contributed by atoms with van der Waals surface area (Å²) >= 11 is 6.44. The lowest BCUT2D eigenvalue weighted by Gasteiger charge is -2.34. The average molecular weight is 447 g/mol. The summed E-state index contributed by atoms with van der Waals surface area (Å²) < 4.78 is 7.11. The lowest BCUT2D eigenvalue weighted by Crippen LogP contribution is -2.49. The summed E-state index contributed by atoms with van der Waals surface area (Å²) in [5.74, 6) is 1.16. The highest BCUT2D eigenvalue weighted by Gasteiger charge is 2.27. The summed E-state index contributed by atoms with van der Waals surface area (Å²) in [6, 6.07) is -0.0546. The Hall–Kier alpha value is -3.01. The van der Waals surface area contributed by atoms with Crippen molar-refractivity contribution >= 4 is 46.2 Å². The number of amides is 1. The van der Waals surface area contributed by atoms with Crippen LogP contribution in [0.2, 0.25) is 5.02 Å². The number of aromatic amines is 1. The fourth-order valence-corrected chi connectivity index (χ4v) is 3.87. The summed E-state index contributed by atoms with van der Waals surface area (Å²) in [6.45, 7) is 6.94. The van der Waals surface area contributed by atoms with Crippen molar-refractivity contribution < 1.29 is 9.53 Å². The first-order valence-corrected chi connectivity index (χ1v) is 10.6. The Morgan fingerprint density at radius 3 is 2.87 bits per heavy atom. The number of ether oxygens (including phenoxy) is 1. The van der Waals surface area contributed by atoms with Gasteiger partial charge in [-0.1, -0.05) is 11.6 Å². The number of H-pyrrole nitrogens is 1. The highest BCUT2D eigenvalue weighted by atomic mass is 35.5. The number of aryl methyl sites for hydroxylation is 1. The number of nitrogens with zero attached hydrogens (tertiary/aromatic N) is 5. The normalized spacial score (nSPS) is 17.1. The lowest BCUT2D eigenvalue weighted by atomic mass is 10.1. The van der Waals surface area contributed by atoms with E-state index in [1.165, 1.54) is 0 Å². The second kappa shape index (κ2) is 8.26. The third-order valence-electron chi connectivity index (χ3n) is 4.87. The van der Waals surface area contributed by atoms with Gasteiger partial charge in [0.2, 0.25) is 5.95 Å². The maximum atomic E-state index is 12.2. The SMILES string of the molecule is Cn1cc(Nc2nc(N3CCC[C@@H](NC(=O)OC(C)(C)C)C3)c3c(Cl)c[nH]c3n2)cn1. The van der Waals surface area contributed by atoms with Crippen LogP contribution in [-0.4, -0.2) is 55.6 Å². The van der Waals surface area contributed by atoms with Crippen molar-refractivity contribution in [1.29, 1.82) is 0 Å². The van der Waals surface area contributed by atoms with Gasteiger partial charge >= 0.3 is 6.09 Å². The molecule has 3 N–H and O–H groups in total. The molecule has 0 radical (unpaired) electrons. The van der Waals surface area contributed by atoms with E-state index in [1.54, 1.807) is 17.1 Å². The molecule has 1 aliphatic rings. The van der Waals surface area contributed by atoms with Gasteiger partial charge in [-0.05, 0) is 33.6 Å². The third kappa shape index (κ3) is 5.01. The molecule has 0 bridgehead atoms. The van der Waals surface area contributed by atoms with Gasteiger partial charge in [-0.3, -0.25) is 4.68 Å². The van der Waals surface area contributed by atoms with E-state index in [0.717, 1.165) is 36.3 Å². The molecule has 1 aliphatic heterocycles. The molecule has 3 aromatic heterocycles. The molecule has 11 heteroatoms. The predicted molar refractivity (Wildman–Crippen MR) is 120 cm³/mol. The Kier molecular flexibility index (Phi) is 5.65. The highest BCUT2D eigenvalue weighted by molar-refractivity contribution is 6.36. The number of hydrogen-bond acceptors (Lipinski definition) is 7. The van der Waals surface area contributed by atoms with Crippen molar-refractivity contribution in [3.05, 3.63) is 23.6 Å². The maximum Gasteiger partial charge on any atom is 0.407 e. The van der Waals surface area contributed by atoms with E-state index in [1.807, 2.05) is 34.0 Å². The molecule has 0 saturated carbocycles. The minimum absolute atomic E-state index is 0.0546. The first-order valence-electron chi connectivity index (χ1n) is 10.2. The number of anilines is 3. The fraction of sp³-hybridized carbons (Fsp3) is 0.500. The van der Waals surface area contributed by atoms with E-state index in [2.05, 4.69) is 30.6 Å². The van der Waals surface area contributed by atoms with E-state index in [-0.39, 0.29) is 6.04 Å². The monoisotopic (exact) mass is 446 g/mol. The smallest absolute Gasteiger partial charge is 0.407 e. The van der Waals surface area contributed by atoms with Gasteiger partial charge in [-0.25, -0.2) is 4.79 Å². The van der Waals surface area contributed by atoms with Crippen molar-refractivity contribution in [2.75, 3.05) is 23.3 Å².